The van der Waals surface area contributed by atoms with Crippen molar-refractivity contribution in [3.63, 3.8) is 0 Å². The Labute approximate surface area is 115 Å². The molecule has 0 aliphatic carbocycles. The highest BCUT2D eigenvalue weighted by Gasteiger charge is 2.05. The van der Waals surface area contributed by atoms with Crippen LogP contribution in [0.25, 0.3) is 0 Å². The van der Waals surface area contributed by atoms with Crippen molar-refractivity contribution in [1.29, 1.82) is 0 Å². The van der Waals surface area contributed by atoms with Crippen LogP contribution in [-0.4, -0.2) is 5.11 Å². The van der Waals surface area contributed by atoms with Gasteiger partial charge in [0.25, 0.3) is 0 Å². The van der Waals surface area contributed by atoms with Crippen LogP contribution in [0.15, 0.2) is 61.6 Å². The normalized spacial score (nSPS) is 10.9. The summed E-state index contributed by atoms with van der Waals surface area (Å²) in [6, 6.07) is 12.9. The average Bonchev–Trinajstić information content (AvgIpc) is 2.34. The van der Waals surface area contributed by atoms with Gasteiger partial charge in [0.2, 0.25) is 0 Å². The summed E-state index contributed by atoms with van der Waals surface area (Å²) in [7, 11) is 0. The van der Waals surface area contributed by atoms with Crippen LogP contribution in [-0.2, 0) is 0 Å². The van der Waals surface area contributed by atoms with E-state index in [-0.39, 0.29) is 5.75 Å². The zero-order valence-corrected chi connectivity index (χ0v) is 11.8. The molecule has 0 amide bonds. The molecule has 1 N–H and O–H groups in total. The molecule has 86 valence electrons. The van der Waals surface area contributed by atoms with Crippen LogP contribution >= 0.6 is 31.9 Å². The molecular formula is C12H8Br2N2O. The van der Waals surface area contributed by atoms with E-state index in [1.165, 1.54) is 0 Å². The predicted octanol–water partition coefficient (Wildman–Crippen LogP) is 5.33. The van der Waals surface area contributed by atoms with E-state index in [9.17, 15) is 5.11 Å². The molecule has 0 fully saturated rings. The lowest BCUT2D eigenvalue weighted by Crippen LogP contribution is -1.72. The van der Waals surface area contributed by atoms with Crippen LogP contribution in [0.3, 0.4) is 0 Å². The number of rotatable bonds is 2. The Kier molecular flexibility index (Phi) is 3.91. The van der Waals surface area contributed by atoms with Gasteiger partial charge in [-0.25, -0.2) is 0 Å². The number of aromatic hydroxyl groups is 1. The van der Waals surface area contributed by atoms with E-state index in [0.717, 1.165) is 5.69 Å². The molecule has 2 rings (SSSR count). The third kappa shape index (κ3) is 3.14. The first-order valence-corrected chi connectivity index (χ1v) is 6.40. The number of nitrogens with zero attached hydrogens (tertiary/aromatic N) is 2. The maximum absolute atomic E-state index is 9.55. The molecule has 17 heavy (non-hydrogen) atoms. The molecule has 0 unspecified atom stereocenters. The summed E-state index contributed by atoms with van der Waals surface area (Å²) < 4.78 is 1.16. The fourth-order valence-corrected chi connectivity index (χ4v) is 2.38. The second-order valence-electron chi connectivity index (χ2n) is 3.29. The number of azo groups is 1. The number of halogens is 2. The van der Waals surface area contributed by atoms with Crippen LogP contribution in [0.1, 0.15) is 0 Å². The summed E-state index contributed by atoms with van der Waals surface area (Å²) in [6.45, 7) is 0. The van der Waals surface area contributed by atoms with Gasteiger partial charge in [0, 0.05) is 0 Å². The number of hydrogen-bond acceptors (Lipinski definition) is 3. The summed E-state index contributed by atoms with van der Waals surface area (Å²) in [6.07, 6.45) is 0. The summed E-state index contributed by atoms with van der Waals surface area (Å²) in [4.78, 5) is 0. The highest BCUT2D eigenvalue weighted by Crippen LogP contribution is 2.36. The second-order valence-corrected chi connectivity index (χ2v) is 5.00. The van der Waals surface area contributed by atoms with E-state index < -0.39 is 0 Å². The van der Waals surface area contributed by atoms with Gasteiger partial charge in [-0.05, 0) is 56.1 Å². The molecule has 0 saturated carbocycles. The third-order valence-corrected chi connectivity index (χ3v) is 3.25. The average molecular weight is 356 g/mol. The van der Waals surface area contributed by atoms with E-state index in [1.807, 2.05) is 30.3 Å². The van der Waals surface area contributed by atoms with E-state index >= 15 is 0 Å². The largest absolute Gasteiger partial charge is 0.506 e. The highest BCUT2D eigenvalue weighted by molar-refractivity contribution is 9.11. The quantitative estimate of drug-likeness (QED) is 0.726. The Morgan fingerprint density at radius 2 is 1.35 bits per heavy atom. The lowest BCUT2D eigenvalue weighted by Gasteiger charge is -2.01. The Hall–Kier alpha value is -1.20. The first-order chi connectivity index (χ1) is 8.16. The molecule has 2 aromatic rings. The fraction of sp³-hybridized carbons (Fsp3) is 0. The summed E-state index contributed by atoms with van der Waals surface area (Å²) >= 11 is 6.48. The summed E-state index contributed by atoms with van der Waals surface area (Å²) in [5.74, 6) is 0.156. The number of phenols is 1. The molecule has 0 spiro atoms. The first-order valence-electron chi connectivity index (χ1n) is 4.81. The van der Waals surface area contributed by atoms with Gasteiger partial charge in [-0.3, -0.25) is 0 Å². The Morgan fingerprint density at radius 3 is 1.94 bits per heavy atom. The van der Waals surface area contributed by atoms with E-state index in [1.54, 1.807) is 12.1 Å². The molecule has 0 heterocycles. The second kappa shape index (κ2) is 5.42. The van der Waals surface area contributed by atoms with Crippen LogP contribution in [0.4, 0.5) is 11.4 Å². The van der Waals surface area contributed by atoms with Crippen molar-refractivity contribution >= 4 is 43.2 Å². The van der Waals surface area contributed by atoms with E-state index in [4.69, 9.17) is 0 Å². The number of hydrogen-bond donors (Lipinski definition) is 1. The van der Waals surface area contributed by atoms with Gasteiger partial charge in [-0.2, -0.15) is 10.2 Å². The van der Waals surface area contributed by atoms with Gasteiger partial charge in [0.15, 0.2) is 0 Å². The molecule has 0 saturated heterocycles. The maximum Gasteiger partial charge on any atom is 0.144 e. The summed E-state index contributed by atoms with van der Waals surface area (Å²) in [5, 5.41) is 17.7. The van der Waals surface area contributed by atoms with Gasteiger partial charge in [0.1, 0.15) is 5.75 Å². The van der Waals surface area contributed by atoms with Gasteiger partial charge in [-0.15, -0.1) is 0 Å². The standard InChI is InChI=1S/C12H8Br2N2O/c13-10-6-9(7-11(14)12(10)17)16-15-8-4-2-1-3-5-8/h1-7,17H/b16-15+. The van der Waals surface area contributed by atoms with Crippen molar-refractivity contribution < 1.29 is 5.11 Å². The van der Waals surface area contributed by atoms with Crippen molar-refractivity contribution in [2.75, 3.05) is 0 Å². The lowest BCUT2D eigenvalue weighted by atomic mass is 10.3. The first kappa shape index (κ1) is 12.3. The zero-order valence-electron chi connectivity index (χ0n) is 8.64. The van der Waals surface area contributed by atoms with Gasteiger partial charge >= 0.3 is 0 Å². The molecule has 0 aliphatic rings. The smallest absolute Gasteiger partial charge is 0.144 e. The van der Waals surface area contributed by atoms with Crippen LogP contribution < -0.4 is 0 Å². The molecule has 5 heteroatoms. The monoisotopic (exact) mass is 354 g/mol. The Morgan fingerprint density at radius 1 is 0.824 bits per heavy atom. The van der Waals surface area contributed by atoms with Crippen molar-refractivity contribution in [1.82, 2.24) is 0 Å². The van der Waals surface area contributed by atoms with E-state index in [0.29, 0.717) is 14.6 Å². The SMILES string of the molecule is Oc1c(Br)cc(/N=N/c2ccccc2)cc1Br. The predicted molar refractivity (Wildman–Crippen MR) is 74.1 cm³/mol. The van der Waals surface area contributed by atoms with Crippen molar-refractivity contribution in [3.8, 4) is 5.75 Å². The topological polar surface area (TPSA) is 45.0 Å². The minimum atomic E-state index is 0.156. The van der Waals surface area contributed by atoms with Crippen LogP contribution in [0, 0.1) is 0 Å². The fourth-order valence-electron chi connectivity index (χ4n) is 1.22. The van der Waals surface area contributed by atoms with Crippen molar-refractivity contribution in [2.45, 2.75) is 0 Å². The molecule has 0 bridgehead atoms. The van der Waals surface area contributed by atoms with Crippen LogP contribution in [0.2, 0.25) is 0 Å². The van der Waals surface area contributed by atoms with Gasteiger partial charge < -0.3 is 5.11 Å². The van der Waals surface area contributed by atoms with Crippen LogP contribution in [0.5, 0.6) is 5.75 Å². The molecule has 0 aliphatic heterocycles. The Balaban J connectivity index is 2.28. The lowest BCUT2D eigenvalue weighted by molar-refractivity contribution is 0.468. The Bertz CT molecular complexity index is 533. The molecule has 0 atom stereocenters. The van der Waals surface area contributed by atoms with Gasteiger partial charge in [-0.1, -0.05) is 18.2 Å². The molecule has 0 aromatic heterocycles. The van der Waals surface area contributed by atoms with Crippen molar-refractivity contribution in [2.24, 2.45) is 10.2 Å². The zero-order chi connectivity index (χ0) is 12.3. The number of benzene rings is 2. The molecule has 3 nitrogen and oxygen atoms in total. The highest BCUT2D eigenvalue weighted by atomic mass is 79.9. The van der Waals surface area contributed by atoms with Crippen molar-refractivity contribution in [3.05, 3.63) is 51.4 Å². The summed E-state index contributed by atoms with van der Waals surface area (Å²) in [5.41, 5.74) is 1.44. The maximum atomic E-state index is 9.55. The third-order valence-electron chi connectivity index (χ3n) is 2.04. The minimum absolute atomic E-state index is 0.156. The molecular weight excluding hydrogens is 348 g/mol. The minimum Gasteiger partial charge on any atom is -0.506 e. The van der Waals surface area contributed by atoms with Gasteiger partial charge in [0.05, 0.1) is 20.3 Å². The van der Waals surface area contributed by atoms with E-state index in [2.05, 4.69) is 42.1 Å². The molecule has 0 radical (unpaired) electrons. The molecule has 2 aromatic carbocycles. The number of phenolic OH excluding ortho intramolecular Hbond substituents is 1.